The molecule has 0 radical (unpaired) electrons. The molecular formula is C12H17BrN2OS2. The van der Waals surface area contributed by atoms with Crippen LogP contribution in [0.5, 0.6) is 0 Å². The quantitative estimate of drug-likeness (QED) is 0.606. The maximum Gasteiger partial charge on any atom is 0.230 e. The van der Waals surface area contributed by atoms with Gasteiger partial charge in [0, 0.05) is 18.0 Å². The van der Waals surface area contributed by atoms with Crippen molar-refractivity contribution in [1.82, 2.24) is 10.3 Å². The Morgan fingerprint density at radius 3 is 3.06 bits per heavy atom. The van der Waals surface area contributed by atoms with E-state index in [2.05, 4.69) is 39.2 Å². The Morgan fingerprint density at radius 1 is 1.61 bits per heavy atom. The summed E-state index contributed by atoms with van der Waals surface area (Å²) in [6, 6.07) is 4.22. The second-order valence-electron chi connectivity index (χ2n) is 3.80. The lowest BCUT2D eigenvalue weighted by Gasteiger charge is -2.13. The fourth-order valence-electron chi connectivity index (χ4n) is 1.46. The first-order valence-corrected chi connectivity index (χ1v) is 9.19. The van der Waals surface area contributed by atoms with Crippen molar-refractivity contribution in [2.24, 2.45) is 0 Å². The molecule has 0 saturated heterocycles. The van der Waals surface area contributed by atoms with Crippen LogP contribution in [0.15, 0.2) is 23.4 Å². The van der Waals surface area contributed by atoms with Crippen molar-refractivity contribution in [3.05, 3.63) is 23.9 Å². The minimum absolute atomic E-state index is 0.0210. The highest BCUT2D eigenvalue weighted by molar-refractivity contribution is 9.09. The third-order valence-electron chi connectivity index (χ3n) is 2.13. The van der Waals surface area contributed by atoms with Gasteiger partial charge >= 0.3 is 0 Å². The van der Waals surface area contributed by atoms with E-state index in [0.29, 0.717) is 5.33 Å². The molecule has 0 bridgehead atoms. The number of aromatic nitrogens is 1. The molecule has 0 aromatic carbocycles. The number of hydrogen-bond donors (Lipinski definition) is 1. The van der Waals surface area contributed by atoms with Gasteiger partial charge in [-0.3, -0.25) is 4.79 Å². The molecule has 1 atom stereocenters. The molecule has 100 valence electrons. The van der Waals surface area contributed by atoms with Crippen LogP contribution in [0.2, 0.25) is 0 Å². The molecule has 6 heteroatoms. The number of nitrogens with one attached hydrogen (secondary N) is 1. The van der Waals surface area contributed by atoms with Crippen LogP contribution in [0.25, 0.3) is 0 Å². The van der Waals surface area contributed by atoms with Crippen LogP contribution >= 0.6 is 37.5 Å². The number of carbonyl (C=O) groups excluding carboxylic acids is 1. The van der Waals surface area contributed by atoms with Crippen LogP contribution in [0, 0.1) is 0 Å². The van der Waals surface area contributed by atoms with E-state index < -0.39 is 0 Å². The number of hydrogen-bond acceptors (Lipinski definition) is 4. The van der Waals surface area contributed by atoms with E-state index in [4.69, 9.17) is 0 Å². The highest BCUT2D eigenvalue weighted by Crippen LogP contribution is 2.29. The largest absolute Gasteiger partial charge is 0.353 e. The number of alkyl halides is 1. The van der Waals surface area contributed by atoms with Gasteiger partial charge in [0.05, 0.1) is 5.33 Å². The highest BCUT2D eigenvalue weighted by Gasteiger charge is 2.07. The number of amides is 1. The molecule has 1 amide bonds. The van der Waals surface area contributed by atoms with Gasteiger partial charge in [0.2, 0.25) is 5.91 Å². The fraction of sp³-hybridized carbons (Fsp3) is 0.500. The van der Waals surface area contributed by atoms with Gasteiger partial charge in [0.25, 0.3) is 0 Å². The molecule has 0 spiro atoms. The minimum Gasteiger partial charge on any atom is -0.353 e. The zero-order valence-electron chi connectivity index (χ0n) is 10.5. The van der Waals surface area contributed by atoms with E-state index in [-0.39, 0.29) is 11.9 Å². The second kappa shape index (κ2) is 8.82. The first-order chi connectivity index (χ1) is 8.65. The smallest absolute Gasteiger partial charge is 0.230 e. The van der Waals surface area contributed by atoms with Crippen LogP contribution in [0.1, 0.15) is 19.4 Å². The lowest BCUT2D eigenvalue weighted by Crippen LogP contribution is -2.34. The maximum absolute atomic E-state index is 11.2. The topological polar surface area (TPSA) is 42.0 Å². The van der Waals surface area contributed by atoms with Crippen LogP contribution in [-0.4, -0.2) is 28.0 Å². The Hall–Kier alpha value is -0.200. The summed E-state index contributed by atoms with van der Waals surface area (Å²) >= 11 is 3.14. The Kier molecular flexibility index (Phi) is 7.77. The molecule has 0 saturated carbocycles. The van der Waals surface area contributed by atoms with Crippen molar-refractivity contribution >= 4 is 43.4 Å². The van der Waals surface area contributed by atoms with E-state index in [1.807, 2.05) is 19.2 Å². The molecule has 0 aliphatic carbocycles. The summed E-state index contributed by atoms with van der Waals surface area (Å²) < 4.78 is 0. The first kappa shape index (κ1) is 15.9. The SMILES string of the molecule is CCSSc1cc(CC(C)NC(=O)CBr)ccn1. The molecule has 0 aliphatic rings. The Morgan fingerprint density at radius 2 is 2.39 bits per heavy atom. The molecule has 1 unspecified atom stereocenters. The first-order valence-electron chi connectivity index (χ1n) is 5.75. The van der Waals surface area contributed by atoms with E-state index in [0.717, 1.165) is 17.2 Å². The molecule has 1 rings (SSSR count). The molecule has 0 fully saturated rings. The fourth-order valence-corrected chi connectivity index (χ4v) is 3.15. The molecule has 0 aliphatic heterocycles. The number of rotatable bonds is 7. The van der Waals surface area contributed by atoms with Gasteiger partial charge < -0.3 is 5.32 Å². The van der Waals surface area contributed by atoms with Crippen LogP contribution in [0.4, 0.5) is 0 Å². The zero-order valence-corrected chi connectivity index (χ0v) is 13.7. The molecule has 1 heterocycles. The van der Waals surface area contributed by atoms with Gasteiger partial charge in [-0.05, 0) is 41.8 Å². The zero-order chi connectivity index (χ0) is 13.4. The summed E-state index contributed by atoms with van der Waals surface area (Å²) in [5.41, 5.74) is 1.20. The molecular weight excluding hydrogens is 332 g/mol. The van der Waals surface area contributed by atoms with E-state index in [9.17, 15) is 4.79 Å². The predicted molar refractivity (Wildman–Crippen MR) is 83.3 cm³/mol. The number of carbonyl (C=O) groups is 1. The monoisotopic (exact) mass is 348 g/mol. The van der Waals surface area contributed by atoms with Gasteiger partial charge in [0.1, 0.15) is 5.03 Å². The summed E-state index contributed by atoms with van der Waals surface area (Å²) in [6.07, 6.45) is 2.65. The Labute approximate surface area is 124 Å². The third-order valence-corrected chi connectivity index (χ3v) is 4.96. The highest BCUT2D eigenvalue weighted by atomic mass is 79.9. The van der Waals surface area contributed by atoms with E-state index >= 15 is 0 Å². The maximum atomic E-state index is 11.2. The molecule has 1 aromatic heterocycles. The molecule has 1 N–H and O–H groups in total. The van der Waals surface area contributed by atoms with Crippen molar-refractivity contribution in [3.8, 4) is 0 Å². The van der Waals surface area contributed by atoms with E-state index in [1.54, 1.807) is 21.6 Å². The normalized spacial score (nSPS) is 12.2. The van der Waals surface area contributed by atoms with Gasteiger partial charge in [-0.15, -0.1) is 0 Å². The van der Waals surface area contributed by atoms with Gasteiger partial charge in [-0.1, -0.05) is 33.6 Å². The average molecular weight is 349 g/mol. The summed E-state index contributed by atoms with van der Waals surface area (Å²) in [5.74, 6) is 1.08. The number of pyridine rings is 1. The molecule has 1 aromatic rings. The number of nitrogens with zero attached hydrogens (tertiary/aromatic N) is 1. The van der Waals surface area contributed by atoms with Crippen LogP contribution in [0.3, 0.4) is 0 Å². The summed E-state index contributed by atoms with van der Waals surface area (Å²) in [6.45, 7) is 4.13. The minimum atomic E-state index is 0.0210. The van der Waals surface area contributed by atoms with Gasteiger partial charge in [-0.2, -0.15) is 0 Å². The predicted octanol–water partition coefficient (Wildman–Crippen LogP) is 3.28. The Bertz CT molecular complexity index is 390. The average Bonchev–Trinajstić information content (AvgIpc) is 2.36. The van der Waals surface area contributed by atoms with Crippen LogP contribution in [-0.2, 0) is 11.2 Å². The third kappa shape index (κ3) is 6.11. The lowest BCUT2D eigenvalue weighted by atomic mass is 10.1. The summed E-state index contributed by atoms with van der Waals surface area (Å²) in [4.78, 5) is 15.6. The lowest BCUT2D eigenvalue weighted by molar-refractivity contribution is -0.119. The van der Waals surface area contributed by atoms with Gasteiger partial charge in [0.15, 0.2) is 0 Å². The summed E-state index contributed by atoms with van der Waals surface area (Å²) in [5, 5.41) is 4.30. The molecule has 3 nitrogen and oxygen atoms in total. The van der Waals surface area contributed by atoms with Crippen molar-refractivity contribution < 1.29 is 4.79 Å². The van der Waals surface area contributed by atoms with Crippen LogP contribution < -0.4 is 5.32 Å². The Balaban J connectivity index is 2.53. The second-order valence-corrected chi connectivity index (χ2v) is 6.96. The van der Waals surface area contributed by atoms with Crippen molar-refractivity contribution in [2.75, 3.05) is 11.1 Å². The standard InChI is InChI=1S/C12H17BrN2OS2/c1-3-17-18-12-7-10(4-5-14-12)6-9(2)15-11(16)8-13/h4-5,7,9H,3,6,8H2,1-2H3,(H,15,16). The molecule has 18 heavy (non-hydrogen) atoms. The van der Waals surface area contributed by atoms with Gasteiger partial charge in [-0.25, -0.2) is 4.98 Å². The van der Waals surface area contributed by atoms with Crippen molar-refractivity contribution in [2.45, 2.75) is 31.3 Å². The van der Waals surface area contributed by atoms with Crippen molar-refractivity contribution in [1.29, 1.82) is 0 Å². The van der Waals surface area contributed by atoms with E-state index in [1.165, 1.54) is 5.56 Å². The number of halogens is 1. The van der Waals surface area contributed by atoms with Crippen molar-refractivity contribution in [3.63, 3.8) is 0 Å². The summed E-state index contributed by atoms with van der Waals surface area (Å²) in [7, 11) is 3.47.